The fourth-order valence-electron chi connectivity index (χ4n) is 2.37. The normalized spacial score (nSPS) is 16.0. The van der Waals surface area contributed by atoms with E-state index in [9.17, 15) is 4.79 Å². The molecule has 2 aromatic rings. The standard InChI is InChI=1S/C14H19N5OS/c1-14(2,3)11-4-5-12(20)19(17-11)8-10-6-18(7-10)13-16-15-9-21-13/h4-5,9-10H,6-8H2,1-3H3. The molecule has 112 valence electrons. The van der Waals surface area contributed by atoms with E-state index in [0.717, 1.165) is 23.9 Å². The minimum Gasteiger partial charge on any atom is -0.346 e. The Morgan fingerprint density at radius 1 is 1.33 bits per heavy atom. The van der Waals surface area contributed by atoms with Gasteiger partial charge in [-0.05, 0) is 6.07 Å². The van der Waals surface area contributed by atoms with Crippen LogP contribution in [0.2, 0.25) is 0 Å². The maximum Gasteiger partial charge on any atom is 0.266 e. The molecular weight excluding hydrogens is 286 g/mol. The quantitative estimate of drug-likeness (QED) is 0.860. The third kappa shape index (κ3) is 2.97. The number of hydrogen-bond acceptors (Lipinski definition) is 6. The van der Waals surface area contributed by atoms with Crippen LogP contribution in [0.4, 0.5) is 5.13 Å². The lowest BCUT2D eigenvalue weighted by Crippen LogP contribution is -2.49. The summed E-state index contributed by atoms with van der Waals surface area (Å²) in [5.74, 6) is 0.439. The molecule has 0 amide bonds. The van der Waals surface area contributed by atoms with E-state index < -0.39 is 0 Å². The van der Waals surface area contributed by atoms with Gasteiger partial charge in [0.05, 0.1) is 12.2 Å². The van der Waals surface area contributed by atoms with Crippen molar-refractivity contribution in [3.63, 3.8) is 0 Å². The second kappa shape index (κ2) is 5.22. The minimum atomic E-state index is -0.0480. The van der Waals surface area contributed by atoms with Gasteiger partial charge in [0.15, 0.2) is 0 Å². The molecule has 1 aliphatic rings. The maximum absolute atomic E-state index is 12.0. The first-order valence-electron chi connectivity index (χ1n) is 7.03. The van der Waals surface area contributed by atoms with Gasteiger partial charge in [-0.3, -0.25) is 4.79 Å². The van der Waals surface area contributed by atoms with E-state index in [4.69, 9.17) is 0 Å². The molecule has 0 saturated carbocycles. The first-order chi connectivity index (χ1) is 9.93. The lowest BCUT2D eigenvalue weighted by atomic mass is 9.92. The van der Waals surface area contributed by atoms with Crippen LogP contribution in [0.3, 0.4) is 0 Å². The van der Waals surface area contributed by atoms with Crippen molar-refractivity contribution in [1.29, 1.82) is 0 Å². The van der Waals surface area contributed by atoms with Gasteiger partial charge in [0.1, 0.15) is 5.51 Å². The van der Waals surface area contributed by atoms with E-state index in [1.807, 2.05) is 6.07 Å². The molecule has 7 heteroatoms. The van der Waals surface area contributed by atoms with E-state index in [2.05, 4.69) is 41.0 Å². The molecule has 0 aromatic carbocycles. The Morgan fingerprint density at radius 2 is 2.10 bits per heavy atom. The highest BCUT2D eigenvalue weighted by Gasteiger charge is 2.29. The molecular formula is C14H19N5OS. The molecule has 21 heavy (non-hydrogen) atoms. The molecule has 1 fully saturated rings. The predicted molar refractivity (Wildman–Crippen MR) is 82.8 cm³/mol. The fraction of sp³-hybridized carbons (Fsp3) is 0.571. The van der Waals surface area contributed by atoms with Gasteiger partial charge in [0.25, 0.3) is 5.56 Å². The van der Waals surface area contributed by atoms with Gasteiger partial charge in [0.2, 0.25) is 5.13 Å². The number of nitrogens with zero attached hydrogens (tertiary/aromatic N) is 5. The van der Waals surface area contributed by atoms with Gasteiger partial charge in [-0.2, -0.15) is 5.10 Å². The highest BCUT2D eigenvalue weighted by molar-refractivity contribution is 7.13. The summed E-state index contributed by atoms with van der Waals surface area (Å²) in [7, 11) is 0. The zero-order valence-corrected chi connectivity index (χ0v) is 13.3. The van der Waals surface area contributed by atoms with Crippen molar-refractivity contribution in [3.8, 4) is 0 Å². The van der Waals surface area contributed by atoms with Crippen LogP contribution in [0.25, 0.3) is 0 Å². The summed E-state index contributed by atoms with van der Waals surface area (Å²) in [5, 5.41) is 13.4. The molecule has 0 spiro atoms. The van der Waals surface area contributed by atoms with E-state index >= 15 is 0 Å². The smallest absolute Gasteiger partial charge is 0.266 e. The third-order valence-electron chi connectivity index (χ3n) is 3.64. The maximum atomic E-state index is 12.0. The molecule has 0 aliphatic carbocycles. The van der Waals surface area contributed by atoms with Crippen molar-refractivity contribution >= 4 is 16.5 Å². The molecule has 0 bridgehead atoms. The molecule has 0 unspecified atom stereocenters. The van der Waals surface area contributed by atoms with Crippen molar-refractivity contribution < 1.29 is 0 Å². The lowest BCUT2D eigenvalue weighted by Gasteiger charge is -2.38. The van der Waals surface area contributed by atoms with Gasteiger partial charge < -0.3 is 4.90 Å². The summed E-state index contributed by atoms with van der Waals surface area (Å²) in [5.41, 5.74) is 2.61. The van der Waals surface area contributed by atoms with Crippen molar-refractivity contribution in [3.05, 3.63) is 33.7 Å². The Kier molecular flexibility index (Phi) is 3.52. The summed E-state index contributed by atoms with van der Waals surface area (Å²) in [6.07, 6.45) is 0. The Morgan fingerprint density at radius 3 is 2.71 bits per heavy atom. The number of hydrogen-bond donors (Lipinski definition) is 0. The highest BCUT2D eigenvalue weighted by atomic mass is 32.1. The van der Waals surface area contributed by atoms with Gasteiger partial charge in [-0.15, -0.1) is 10.2 Å². The summed E-state index contributed by atoms with van der Waals surface area (Å²) in [6, 6.07) is 3.45. The summed E-state index contributed by atoms with van der Waals surface area (Å²) < 4.78 is 1.60. The van der Waals surface area contributed by atoms with Crippen molar-refractivity contribution in [2.75, 3.05) is 18.0 Å². The van der Waals surface area contributed by atoms with E-state index in [1.54, 1.807) is 27.6 Å². The summed E-state index contributed by atoms with van der Waals surface area (Å²) >= 11 is 1.54. The van der Waals surface area contributed by atoms with Gasteiger partial charge in [-0.25, -0.2) is 4.68 Å². The number of aromatic nitrogens is 4. The average molecular weight is 305 g/mol. The first kappa shape index (κ1) is 14.2. The summed E-state index contributed by atoms with van der Waals surface area (Å²) in [4.78, 5) is 14.1. The highest BCUT2D eigenvalue weighted by Crippen LogP contribution is 2.26. The SMILES string of the molecule is CC(C)(C)c1ccc(=O)n(CC2CN(c3nncs3)C2)n1. The first-order valence-corrected chi connectivity index (χ1v) is 7.91. The fourth-order valence-corrected chi connectivity index (χ4v) is 2.95. The molecule has 2 aromatic heterocycles. The molecule has 0 atom stereocenters. The second-order valence-electron chi connectivity index (χ2n) is 6.48. The van der Waals surface area contributed by atoms with Gasteiger partial charge in [0, 0.05) is 30.5 Å². The Labute approximate surface area is 127 Å². The van der Waals surface area contributed by atoms with E-state index in [-0.39, 0.29) is 11.0 Å². The van der Waals surface area contributed by atoms with Crippen LogP contribution in [-0.2, 0) is 12.0 Å². The molecule has 0 N–H and O–H groups in total. The molecule has 3 heterocycles. The molecule has 6 nitrogen and oxygen atoms in total. The van der Waals surface area contributed by atoms with Crippen LogP contribution in [0, 0.1) is 5.92 Å². The van der Waals surface area contributed by atoms with Crippen LogP contribution in [0.15, 0.2) is 22.4 Å². The van der Waals surface area contributed by atoms with Crippen molar-refractivity contribution in [2.24, 2.45) is 5.92 Å². The van der Waals surface area contributed by atoms with Crippen LogP contribution < -0.4 is 10.5 Å². The molecule has 1 saturated heterocycles. The Balaban J connectivity index is 1.68. The lowest BCUT2D eigenvalue weighted by molar-refractivity contribution is 0.329. The monoisotopic (exact) mass is 305 g/mol. The van der Waals surface area contributed by atoms with Crippen molar-refractivity contribution in [2.45, 2.75) is 32.7 Å². The Bertz CT molecular complexity index is 667. The molecule has 3 rings (SSSR count). The number of rotatable bonds is 3. The second-order valence-corrected chi connectivity index (χ2v) is 7.29. The van der Waals surface area contributed by atoms with Crippen LogP contribution >= 0.6 is 11.3 Å². The van der Waals surface area contributed by atoms with Crippen molar-refractivity contribution in [1.82, 2.24) is 20.0 Å². The van der Waals surface area contributed by atoms with Crippen LogP contribution in [0.1, 0.15) is 26.5 Å². The van der Waals surface area contributed by atoms with Crippen LogP contribution in [0.5, 0.6) is 0 Å². The topological polar surface area (TPSA) is 63.9 Å². The zero-order valence-electron chi connectivity index (χ0n) is 12.5. The average Bonchev–Trinajstić information content (AvgIpc) is 2.87. The van der Waals surface area contributed by atoms with E-state index in [0.29, 0.717) is 12.5 Å². The number of anilines is 1. The third-order valence-corrected chi connectivity index (χ3v) is 4.39. The molecule has 1 aliphatic heterocycles. The predicted octanol–water partition coefficient (Wildman–Crippen LogP) is 1.53. The molecule has 0 radical (unpaired) electrons. The largest absolute Gasteiger partial charge is 0.346 e. The van der Waals surface area contributed by atoms with Crippen LogP contribution in [-0.4, -0.2) is 33.1 Å². The summed E-state index contributed by atoms with van der Waals surface area (Å²) in [6.45, 7) is 8.78. The van der Waals surface area contributed by atoms with Gasteiger partial charge >= 0.3 is 0 Å². The van der Waals surface area contributed by atoms with Gasteiger partial charge in [-0.1, -0.05) is 32.1 Å². The zero-order chi connectivity index (χ0) is 15.0. The minimum absolute atomic E-state index is 0.0302. The van der Waals surface area contributed by atoms with E-state index in [1.165, 1.54) is 0 Å². The Hall–Kier alpha value is -1.76.